The average molecular weight is 310 g/mol. The first-order valence-electron chi connectivity index (χ1n) is 7.50. The number of nitrogens with one attached hydrogen (secondary N) is 1. The Morgan fingerprint density at radius 1 is 1.43 bits per heavy atom. The van der Waals surface area contributed by atoms with Crippen LogP contribution in [-0.2, 0) is 9.53 Å². The van der Waals surface area contributed by atoms with Gasteiger partial charge in [0.1, 0.15) is 5.54 Å². The number of rotatable bonds is 9. The maximum absolute atomic E-state index is 12.3. The van der Waals surface area contributed by atoms with Gasteiger partial charge in [-0.2, -0.15) is 0 Å². The van der Waals surface area contributed by atoms with Crippen molar-refractivity contribution < 1.29 is 9.53 Å². The minimum Gasteiger partial charge on any atom is -0.465 e. The summed E-state index contributed by atoms with van der Waals surface area (Å²) in [6.07, 6.45) is 5.28. The molecule has 21 heavy (non-hydrogen) atoms. The van der Waals surface area contributed by atoms with Gasteiger partial charge in [0.25, 0.3) is 0 Å². The summed E-state index contributed by atoms with van der Waals surface area (Å²) in [7, 11) is 0. The van der Waals surface area contributed by atoms with Crippen molar-refractivity contribution in [3.05, 3.63) is 24.5 Å². The van der Waals surface area contributed by atoms with Gasteiger partial charge >= 0.3 is 5.97 Å². The third kappa shape index (κ3) is 6.06. The second-order valence-electron chi connectivity index (χ2n) is 5.29. The minimum atomic E-state index is -0.633. The van der Waals surface area contributed by atoms with Crippen molar-refractivity contribution in [2.24, 2.45) is 0 Å². The summed E-state index contributed by atoms with van der Waals surface area (Å²) >= 11 is 1.75. The Morgan fingerprint density at radius 2 is 2.10 bits per heavy atom. The molecule has 0 aliphatic carbocycles. The maximum Gasteiger partial charge on any atom is 0.326 e. The molecule has 1 heterocycles. The summed E-state index contributed by atoms with van der Waals surface area (Å²) in [5.74, 6) is -0.166. The predicted octanol–water partition coefficient (Wildman–Crippen LogP) is 3.27. The van der Waals surface area contributed by atoms with Crippen molar-refractivity contribution in [3.8, 4) is 0 Å². The lowest BCUT2D eigenvalue weighted by Gasteiger charge is -2.31. The molecule has 0 amide bonds. The van der Waals surface area contributed by atoms with E-state index in [0.29, 0.717) is 11.9 Å². The van der Waals surface area contributed by atoms with Crippen LogP contribution < -0.4 is 5.32 Å². The van der Waals surface area contributed by atoms with E-state index in [4.69, 9.17) is 4.74 Å². The quantitative estimate of drug-likeness (QED) is 0.560. The number of carbonyl (C=O) groups is 1. The van der Waals surface area contributed by atoms with Gasteiger partial charge in [-0.15, -0.1) is 11.8 Å². The maximum atomic E-state index is 12.3. The van der Waals surface area contributed by atoms with Gasteiger partial charge in [-0.1, -0.05) is 13.8 Å². The lowest BCUT2D eigenvalue weighted by Crippen LogP contribution is -2.52. The summed E-state index contributed by atoms with van der Waals surface area (Å²) in [6, 6.07) is 3.98. The first-order chi connectivity index (χ1) is 10.0. The third-order valence-electron chi connectivity index (χ3n) is 3.17. The van der Waals surface area contributed by atoms with E-state index in [9.17, 15) is 4.79 Å². The minimum absolute atomic E-state index is 0.166. The molecule has 1 aromatic heterocycles. The summed E-state index contributed by atoms with van der Waals surface area (Å²) < 4.78 is 5.23. The zero-order chi connectivity index (χ0) is 15.7. The normalized spacial score (nSPS) is 15.2. The highest BCUT2D eigenvalue weighted by Crippen LogP contribution is 2.29. The van der Waals surface area contributed by atoms with E-state index in [1.165, 1.54) is 4.90 Å². The van der Waals surface area contributed by atoms with Crippen LogP contribution in [-0.4, -0.2) is 34.9 Å². The lowest BCUT2D eigenvalue weighted by atomic mass is 9.96. The summed E-state index contributed by atoms with van der Waals surface area (Å²) in [6.45, 7) is 9.22. The molecular formula is C16H26N2O2S. The topological polar surface area (TPSA) is 51.2 Å². The molecule has 1 rings (SSSR count). The number of ether oxygens (including phenoxy) is 1. The molecule has 0 saturated carbocycles. The van der Waals surface area contributed by atoms with Crippen molar-refractivity contribution in [2.75, 3.05) is 13.2 Å². The highest BCUT2D eigenvalue weighted by Gasteiger charge is 2.35. The van der Waals surface area contributed by atoms with E-state index in [0.717, 1.165) is 19.4 Å². The van der Waals surface area contributed by atoms with E-state index < -0.39 is 5.54 Å². The molecule has 118 valence electrons. The predicted molar refractivity (Wildman–Crippen MR) is 87.5 cm³/mol. The zero-order valence-corrected chi connectivity index (χ0v) is 14.2. The SMILES string of the molecule is CCCNC(C)(CC(C)Sc1ccncc1)C(=O)OCC. The van der Waals surface area contributed by atoms with Crippen molar-refractivity contribution in [3.63, 3.8) is 0 Å². The van der Waals surface area contributed by atoms with E-state index >= 15 is 0 Å². The molecule has 0 saturated heterocycles. The molecule has 2 atom stereocenters. The molecule has 4 nitrogen and oxygen atoms in total. The van der Waals surface area contributed by atoms with Gasteiger partial charge in [-0.25, -0.2) is 0 Å². The van der Waals surface area contributed by atoms with Crippen LogP contribution in [0.15, 0.2) is 29.4 Å². The number of pyridine rings is 1. The monoisotopic (exact) mass is 310 g/mol. The number of carbonyl (C=O) groups excluding carboxylic acids is 1. The molecule has 0 aliphatic heterocycles. The highest BCUT2D eigenvalue weighted by molar-refractivity contribution is 7.99. The fraction of sp³-hybridized carbons (Fsp3) is 0.625. The van der Waals surface area contributed by atoms with Gasteiger partial charge in [0.15, 0.2) is 0 Å². The van der Waals surface area contributed by atoms with Crippen molar-refractivity contribution in [1.82, 2.24) is 10.3 Å². The van der Waals surface area contributed by atoms with Crippen LogP contribution in [0.25, 0.3) is 0 Å². The summed E-state index contributed by atoms with van der Waals surface area (Å²) in [5.41, 5.74) is -0.633. The molecule has 1 N–H and O–H groups in total. The van der Waals surface area contributed by atoms with Crippen molar-refractivity contribution in [1.29, 1.82) is 0 Å². The number of aromatic nitrogens is 1. The van der Waals surface area contributed by atoms with Gasteiger partial charge < -0.3 is 10.1 Å². The highest BCUT2D eigenvalue weighted by atomic mass is 32.2. The van der Waals surface area contributed by atoms with Crippen molar-refractivity contribution >= 4 is 17.7 Å². The smallest absolute Gasteiger partial charge is 0.326 e. The van der Waals surface area contributed by atoms with Crippen LogP contribution in [0.1, 0.15) is 40.5 Å². The first kappa shape index (κ1) is 18.0. The Kier molecular flexibility index (Phi) is 7.75. The second kappa shape index (κ2) is 9.05. The molecule has 0 radical (unpaired) electrons. The second-order valence-corrected chi connectivity index (χ2v) is 6.81. The molecule has 5 heteroatoms. The van der Waals surface area contributed by atoms with E-state index in [-0.39, 0.29) is 5.97 Å². The van der Waals surface area contributed by atoms with Crippen LogP contribution >= 0.6 is 11.8 Å². The lowest BCUT2D eigenvalue weighted by molar-refractivity contribution is -0.150. The van der Waals surface area contributed by atoms with E-state index in [1.807, 2.05) is 26.0 Å². The Bertz CT molecular complexity index is 428. The average Bonchev–Trinajstić information content (AvgIpc) is 2.46. The van der Waals surface area contributed by atoms with E-state index in [2.05, 4.69) is 24.1 Å². The molecule has 0 aliphatic rings. The van der Waals surface area contributed by atoms with Crippen LogP contribution in [0.4, 0.5) is 0 Å². The number of thioether (sulfide) groups is 1. The van der Waals surface area contributed by atoms with Gasteiger partial charge in [-0.3, -0.25) is 9.78 Å². The molecule has 2 unspecified atom stereocenters. The summed E-state index contributed by atoms with van der Waals surface area (Å²) in [4.78, 5) is 17.4. The third-order valence-corrected chi connectivity index (χ3v) is 4.29. The number of hydrogen-bond donors (Lipinski definition) is 1. The van der Waals surface area contributed by atoms with Gasteiger partial charge in [-0.05, 0) is 45.4 Å². The van der Waals surface area contributed by atoms with Gasteiger partial charge in [0.05, 0.1) is 6.61 Å². The van der Waals surface area contributed by atoms with E-state index in [1.54, 1.807) is 24.2 Å². The zero-order valence-electron chi connectivity index (χ0n) is 13.4. The fourth-order valence-electron chi connectivity index (χ4n) is 2.18. The van der Waals surface area contributed by atoms with Gasteiger partial charge in [0, 0.05) is 22.5 Å². The molecule has 1 aromatic rings. The Balaban J connectivity index is 2.68. The Labute approximate surface area is 132 Å². The van der Waals surface area contributed by atoms with Gasteiger partial charge in [0.2, 0.25) is 0 Å². The molecule has 0 aromatic carbocycles. The molecule has 0 bridgehead atoms. The van der Waals surface area contributed by atoms with Crippen LogP contribution in [0, 0.1) is 0 Å². The number of esters is 1. The standard InChI is InChI=1S/C16H26N2O2S/c1-5-9-18-16(4,15(19)20-6-2)12-13(3)21-14-7-10-17-11-8-14/h7-8,10-11,13,18H,5-6,9,12H2,1-4H3. The molecular weight excluding hydrogens is 284 g/mol. The van der Waals surface area contributed by atoms with Crippen LogP contribution in [0.2, 0.25) is 0 Å². The van der Waals surface area contributed by atoms with Crippen LogP contribution in [0.5, 0.6) is 0 Å². The van der Waals surface area contributed by atoms with Crippen LogP contribution in [0.3, 0.4) is 0 Å². The molecule has 0 fully saturated rings. The summed E-state index contributed by atoms with van der Waals surface area (Å²) in [5, 5.41) is 3.64. The number of nitrogens with zero attached hydrogens (tertiary/aromatic N) is 1. The largest absolute Gasteiger partial charge is 0.465 e. The molecule has 0 spiro atoms. The Morgan fingerprint density at radius 3 is 2.67 bits per heavy atom. The number of hydrogen-bond acceptors (Lipinski definition) is 5. The Hall–Kier alpha value is -1.07. The fourth-order valence-corrected chi connectivity index (χ4v) is 3.34. The first-order valence-corrected chi connectivity index (χ1v) is 8.38. The van der Waals surface area contributed by atoms with Crippen molar-refractivity contribution in [2.45, 2.75) is 56.2 Å².